The van der Waals surface area contributed by atoms with E-state index in [1.54, 1.807) is 11.8 Å². The van der Waals surface area contributed by atoms with Crippen LogP contribution in [0.1, 0.15) is 72.2 Å². The summed E-state index contributed by atoms with van der Waals surface area (Å²) < 4.78 is 0. The maximum absolute atomic E-state index is 13.6. The van der Waals surface area contributed by atoms with Crippen LogP contribution in [0.15, 0.2) is 60.2 Å². The molecule has 0 spiro atoms. The molecule has 37 heavy (non-hydrogen) atoms. The molecule has 190 valence electrons. The molecule has 7 heteroatoms. The van der Waals surface area contributed by atoms with Crippen LogP contribution in [0.4, 0.5) is 0 Å². The van der Waals surface area contributed by atoms with Gasteiger partial charge in [-0.25, -0.2) is 0 Å². The van der Waals surface area contributed by atoms with Crippen molar-refractivity contribution in [1.29, 1.82) is 0 Å². The molecule has 1 aromatic heterocycles. The van der Waals surface area contributed by atoms with Crippen LogP contribution in [0, 0.1) is 0 Å². The Balaban J connectivity index is 1.23. The summed E-state index contributed by atoms with van der Waals surface area (Å²) in [5.41, 5.74) is 5.94. The predicted molar refractivity (Wildman–Crippen MR) is 142 cm³/mol. The maximum Gasteiger partial charge on any atom is 0.255 e. The fraction of sp³-hybridized carbons (Fsp3) is 0.367. The van der Waals surface area contributed by atoms with Crippen molar-refractivity contribution < 1.29 is 14.4 Å². The molecule has 1 aliphatic carbocycles. The smallest absolute Gasteiger partial charge is 0.255 e. The number of fused-ring (bicyclic) bond motifs is 7. The molecule has 3 aliphatic rings. The lowest BCUT2D eigenvalue weighted by molar-refractivity contribution is -0.131. The maximum atomic E-state index is 13.6. The van der Waals surface area contributed by atoms with Gasteiger partial charge in [-0.1, -0.05) is 48.0 Å². The molecule has 0 unspecified atom stereocenters. The minimum absolute atomic E-state index is 0.150. The van der Waals surface area contributed by atoms with Crippen molar-refractivity contribution in [3.8, 4) is 0 Å². The SMILES string of the molecule is C[C@H](NC(=O)[C@@H]1Cc2c([nH]c3ccccc23)[C@H]2c3ccccc3C(=O)N21)C(=O)NCCC1=CCCCC1. The molecular formula is C30H32N4O3. The lowest BCUT2D eigenvalue weighted by atomic mass is 9.90. The zero-order chi connectivity index (χ0) is 25.5. The topological polar surface area (TPSA) is 94.3 Å². The standard InChI is InChI=1S/C30H32N4O3/c1-18(28(35)31-16-15-19-9-3-2-4-10-19)32-29(36)25-17-23-20-11-7-8-14-24(20)33-26(23)27-21-12-5-6-13-22(21)30(37)34(25)27/h5-9,11-14,18,25,27,33H,2-4,10,15-17H2,1H3,(H,31,35)(H,32,36)/t18-,25-,27+/m0/s1. The van der Waals surface area contributed by atoms with E-state index >= 15 is 0 Å². The Bertz CT molecular complexity index is 1420. The van der Waals surface area contributed by atoms with Crippen molar-refractivity contribution in [2.75, 3.05) is 6.54 Å². The van der Waals surface area contributed by atoms with Gasteiger partial charge >= 0.3 is 0 Å². The zero-order valence-electron chi connectivity index (χ0n) is 21.0. The van der Waals surface area contributed by atoms with Crippen LogP contribution >= 0.6 is 0 Å². The summed E-state index contributed by atoms with van der Waals surface area (Å²) in [7, 11) is 0. The van der Waals surface area contributed by atoms with Crippen molar-refractivity contribution in [2.45, 2.75) is 63.6 Å². The van der Waals surface area contributed by atoms with E-state index in [1.807, 2.05) is 42.5 Å². The Morgan fingerprint density at radius 1 is 1.11 bits per heavy atom. The number of para-hydroxylation sites is 1. The number of aromatic amines is 1. The quantitative estimate of drug-likeness (QED) is 0.448. The summed E-state index contributed by atoms with van der Waals surface area (Å²) in [6.45, 7) is 2.26. The van der Waals surface area contributed by atoms with E-state index in [0.29, 0.717) is 18.5 Å². The van der Waals surface area contributed by atoms with E-state index in [4.69, 9.17) is 0 Å². The summed E-state index contributed by atoms with van der Waals surface area (Å²) >= 11 is 0. The first-order chi connectivity index (χ1) is 18.0. The lowest BCUT2D eigenvalue weighted by Gasteiger charge is -2.37. The molecule has 0 radical (unpaired) electrons. The van der Waals surface area contributed by atoms with Gasteiger partial charge in [0.15, 0.2) is 0 Å². The van der Waals surface area contributed by atoms with Crippen molar-refractivity contribution in [1.82, 2.24) is 20.5 Å². The molecule has 3 heterocycles. The number of nitrogens with zero attached hydrogens (tertiary/aromatic N) is 1. The zero-order valence-corrected chi connectivity index (χ0v) is 21.0. The third-order valence-electron chi connectivity index (χ3n) is 8.04. The molecule has 3 atom stereocenters. The second-order valence-electron chi connectivity index (χ2n) is 10.4. The molecule has 0 saturated heterocycles. The first-order valence-electron chi connectivity index (χ1n) is 13.3. The number of rotatable bonds is 6. The molecule has 2 aliphatic heterocycles. The van der Waals surface area contributed by atoms with E-state index < -0.39 is 12.1 Å². The third-order valence-corrected chi connectivity index (χ3v) is 8.04. The van der Waals surface area contributed by atoms with Gasteiger partial charge < -0.3 is 20.5 Å². The summed E-state index contributed by atoms with van der Waals surface area (Å²) in [6, 6.07) is 13.8. The van der Waals surface area contributed by atoms with Gasteiger partial charge in [-0.2, -0.15) is 0 Å². The van der Waals surface area contributed by atoms with Gasteiger partial charge in [-0.05, 0) is 62.3 Å². The number of aromatic nitrogens is 1. The Labute approximate surface area is 216 Å². The van der Waals surface area contributed by atoms with E-state index in [-0.39, 0.29) is 23.8 Å². The van der Waals surface area contributed by atoms with Gasteiger partial charge in [0.25, 0.3) is 5.91 Å². The molecule has 6 rings (SSSR count). The number of amides is 3. The monoisotopic (exact) mass is 496 g/mol. The number of hydrogen-bond acceptors (Lipinski definition) is 3. The normalized spacial score (nSPS) is 21.1. The molecule has 2 aromatic carbocycles. The Kier molecular flexibility index (Phi) is 6.07. The molecule has 3 amide bonds. The minimum atomic E-state index is -0.709. The fourth-order valence-electron chi connectivity index (χ4n) is 6.14. The number of hydrogen-bond donors (Lipinski definition) is 3. The van der Waals surface area contributed by atoms with E-state index in [9.17, 15) is 14.4 Å². The molecule has 3 N–H and O–H groups in total. The summed E-state index contributed by atoms with van der Waals surface area (Å²) in [4.78, 5) is 45.2. The highest BCUT2D eigenvalue weighted by Gasteiger charge is 2.49. The first kappa shape index (κ1) is 23.5. The second kappa shape index (κ2) is 9.54. The number of allylic oxidation sites excluding steroid dienone is 1. The summed E-state index contributed by atoms with van der Waals surface area (Å²) in [5.74, 6) is -0.663. The van der Waals surface area contributed by atoms with Gasteiger partial charge in [0.05, 0.1) is 6.04 Å². The third kappa shape index (κ3) is 4.12. The predicted octanol–water partition coefficient (Wildman–Crippen LogP) is 4.15. The number of benzene rings is 2. The highest BCUT2D eigenvalue weighted by atomic mass is 16.2. The summed E-state index contributed by atoms with van der Waals surface area (Å²) in [6.07, 6.45) is 8.20. The van der Waals surface area contributed by atoms with Gasteiger partial charge in [-0.3, -0.25) is 14.4 Å². The fourth-order valence-corrected chi connectivity index (χ4v) is 6.14. The lowest BCUT2D eigenvalue weighted by Crippen LogP contribution is -2.56. The number of nitrogens with one attached hydrogen (secondary N) is 3. The van der Waals surface area contributed by atoms with Crippen LogP contribution in [0.2, 0.25) is 0 Å². The van der Waals surface area contributed by atoms with E-state index in [2.05, 4.69) is 27.8 Å². The number of carbonyl (C=O) groups excluding carboxylic acids is 3. The molecule has 7 nitrogen and oxygen atoms in total. The number of H-pyrrole nitrogens is 1. The molecule has 0 bridgehead atoms. The van der Waals surface area contributed by atoms with Crippen molar-refractivity contribution in [2.24, 2.45) is 0 Å². The minimum Gasteiger partial charge on any atom is -0.356 e. The van der Waals surface area contributed by atoms with Crippen LogP contribution in [-0.2, 0) is 16.0 Å². The Morgan fingerprint density at radius 2 is 1.92 bits per heavy atom. The van der Waals surface area contributed by atoms with Crippen LogP contribution in [0.5, 0.6) is 0 Å². The van der Waals surface area contributed by atoms with Crippen LogP contribution in [-0.4, -0.2) is 46.2 Å². The Hall–Kier alpha value is -3.87. The molecule has 0 saturated carbocycles. The highest BCUT2D eigenvalue weighted by Crippen LogP contribution is 2.46. The molecule has 3 aromatic rings. The molecule has 0 fully saturated rings. The van der Waals surface area contributed by atoms with Gasteiger partial charge in [-0.15, -0.1) is 0 Å². The van der Waals surface area contributed by atoms with Gasteiger partial charge in [0, 0.05) is 35.1 Å². The van der Waals surface area contributed by atoms with Gasteiger partial charge in [0.2, 0.25) is 11.8 Å². The van der Waals surface area contributed by atoms with E-state index in [0.717, 1.165) is 47.0 Å². The largest absolute Gasteiger partial charge is 0.356 e. The second-order valence-corrected chi connectivity index (χ2v) is 10.4. The van der Waals surface area contributed by atoms with Crippen LogP contribution in [0.3, 0.4) is 0 Å². The highest BCUT2D eigenvalue weighted by molar-refractivity contribution is 6.04. The molecular weight excluding hydrogens is 464 g/mol. The van der Waals surface area contributed by atoms with Gasteiger partial charge in [0.1, 0.15) is 12.1 Å². The van der Waals surface area contributed by atoms with Crippen molar-refractivity contribution in [3.63, 3.8) is 0 Å². The van der Waals surface area contributed by atoms with Crippen molar-refractivity contribution in [3.05, 3.63) is 82.6 Å². The van der Waals surface area contributed by atoms with Crippen LogP contribution < -0.4 is 10.6 Å². The van der Waals surface area contributed by atoms with Crippen LogP contribution in [0.25, 0.3) is 10.9 Å². The average Bonchev–Trinajstić information content (AvgIpc) is 3.44. The summed E-state index contributed by atoms with van der Waals surface area (Å²) in [5, 5.41) is 6.93. The average molecular weight is 497 g/mol. The van der Waals surface area contributed by atoms with Crippen molar-refractivity contribution >= 4 is 28.6 Å². The number of carbonyl (C=O) groups is 3. The first-order valence-corrected chi connectivity index (χ1v) is 13.3. The Morgan fingerprint density at radius 3 is 2.76 bits per heavy atom. The van der Waals surface area contributed by atoms with E-state index in [1.165, 1.54) is 18.4 Å².